The van der Waals surface area contributed by atoms with Crippen molar-refractivity contribution >= 4 is 54.0 Å². The highest BCUT2D eigenvalue weighted by molar-refractivity contribution is 7.98. The Hall–Kier alpha value is -2.23. The van der Waals surface area contributed by atoms with Crippen LogP contribution >= 0.6 is 24.4 Å². The van der Waals surface area contributed by atoms with Gasteiger partial charge in [0.15, 0.2) is 5.96 Å². The quantitative estimate of drug-likeness (QED) is 0.0445. The monoisotopic (exact) mass is 495 g/mol. The number of hydrogen-bond donors (Lipinski definition) is 9. The number of aliphatic hydroxyl groups is 1. The smallest absolute Gasteiger partial charge is 0.326 e. The number of rotatable bonds is 16. The van der Waals surface area contributed by atoms with Crippen LogP contribution in [-0.4, -0.2) is 94.9 Å². The van der Waals surface area contributed by atoms with Gasteiger partial charge in [-0.1, -0.05) is 0 Å². The maximum Gasteiger partial charge on any atom is 0.326 e. The molecule has 0 rings (SSSR count). The summed E-state index contributed by atoms with van der Waals surface area (Å²) in [6, 6.07) is -4.60. The molecule has 184 valence electrons. The number of thiol groups is 1. The van der Waals surface area contributed by atoms with E-state index in [-0.39, 0.29) is 31.1 Å². The molecule has 0 bridgehead atoms. The second kappa shape index (κ2) is 16.4. The third-order valence-corrected chi connectivity index (χ3v) is 5.16. The molecule has 32 heavy (non-hydrogen) atoms. The van der Waals surface area contributed by atoms with E-state index in [0.29, 0.717) is 12.2 Å². The zero-order valence-electron chi connectivity index (χ0n) is 17.8. The number of carbonyl (C=O) groups is 4. The largest absolute Gasteiger partial charge is 0.480 e. The standard InChI is InChI=1S/C17H33N7O6S2/c1-32-6-4-11(16(29)30)23-14(27)10(3-2-5-21-17(19)20)22-15(28)12(8-31)24-13(26)9(18)7-25/h9-12,25,31H,2-8,18H2,1H3,(H,22,28)(H,23,27)(H,24,26)(H,29,30)(H4,19,20,21). The number of carboxylic acids is 1. The number of nitrogens with zero attached hydrogens (tertiary/aromatic N) is 1. The lowest BCUT2D eigenvalue weighted by Gasteiger charge is -2.24. The molecule has 4 unspecified atom stereocenters. The van der Waals surface area contributed by atoms with E-state index >= 15 is 0 Å². The van der Waals surface area contributed by atoms with Gasteiger partial charge in [-0.15, -0.1) is 0 Å². The molecule has 13 nitrogen and oxygen atoms in total. The van der Waals surface area contributed by atoms with Gasteiger partial charge in [-0.2, -0.15) is 24.4 Å². The zero-order valence-corrected chi connectivity index (χ0v) is 19.5. The zero-order chi connectivity index (χ0) is 24.7. The number of amides is 3. The van der Waals surface area contributed by atoms with Gasteiger partial charge in [0.1, 0.15) is 24.2 Å². The summed E-state index contributed by atoms with van der Waals surface area (Å²) in [5.41, 5.74) is 16.0. The first-order valence-corrected chi connectivity index (χ1v) is 11.8. The number of aliphatic carboxylic acids is 1. The number of nitrogens with two attached hydrogens (primary N) is 3. The number of carbonyl (C=O) groups excluding carboxylic acids is 3. The first-order valence-electron chi connectivity index (χ1n) is 9.72. The van der Waals surface area contributed by atoms with Crippen molar-refractivity contribution < 1.29 is 29.4 Å². The fraction of sp³-hybridized carbons (Fsp3) is 0.706. The molecule has 0 aliphatic carbocycles. The SMILES string of the molecule is CSCCC(NC(=O)C(CCCN=C(N)N)NC(=O)C(CS)NC(=O)C(N)CO)C(=O)O. The molecule has 0 radical (unpaired) electrons. The van der Waals surface area contributed by atoms with Gasteiger partial charge in [-0.3, -0.25) is 19.4 Å². The van der Waals surface area contributed by atoms with Gasteiger partial charge < -0.3 is 43.4 Å². The second-order valence-corrected chi connectivity index (χ2v) is 8.07. The predicted octanol–water partition coefficient (Wildman–Crippen LogP) is -3.42. The molecule has 0 aromatic carbocycles. The van der Waals surface area contributed by atoms with Gasteiger partial charge in [-0.05, 0) is 31.3 Å². The van der Waals surface area contributed by atoms with Gasteiger partial charge in [-0.25, -0.2) is 4.79 Å². The maximum absolute atomic E-state index is 12.7. The van der Waals surface area contributed by atoms with Crippen molar-refractivity contribution in [3.05, 3.63) is 0 Å². The molecule has 0 aromatic rings. The lowest BCUT2D eigenvalue weighted by atomic mass is 10.1. The van der Waals surface area contributed by atoms with Crippen molar-refractivity contribution in [2.75, 3.05) is 30.9 Å². The molecule has 11 N–H and O–H groups in total. The van der Waals surface area contributed by atoms with Crippen molar-refractivity contribution in [2.45, 2.75) is 43.4 Å². The van der Waals surface area contributed by atoms with Crippen LogP contribution in [0.25, 0.3) is 0 Å². The van der Waals surface area contributed by atoms with Crippen LogP contribution in [0.2, 0.25) is 0 Å². The number of thioether (sulfide) groups is 1. The number of hydrogen-bond acceptors (Lipinski definition) is 9. The molecule has 3 amide bonds. The first kappa shape index (κ1) is 29.8. The molecule has 0 saturated carbocycles. The molecule has 0 heterocycles. The van der Waals surface area contributed by atoms with E-state index in [4.69, 9.17) is 22.3 Å². The summed E-state index contributed by atoms with van der Waals surface area (Å²) in [4.78, 5) is 52.5. The number of nitrogens with one attached hydrogen (secondary N) is 3. The molecule has 15 heteroatoms. The van der Waals surface area contributed by atoms with Crippen LogP contribution in [0.4, 0.5) is 0 Å². The average molecular weight is 496 g/mol. The number of guanidine groups is 1. The highest BCUT2D eigenvalue weighted by Gasteiger charge is 2.29. The van der Waals surface area contributed by atoms with Crippen LogP contribution in [0.3, 0.4) is 0 Å². The molecule has 0 fully saturated rings. The first-order chi connectivity index (χ1) is 15.1. The Morgan fingerprint density at radius 3 is 2.06 bits per heavy atom. The third kappa shape index (κ3) is 12.0. The van der Waals surface area contributed by atoms with E-state index in [2.05, 4.69) is 33.6 Å². The highest BCUT2D eigenvalue weighted by atomic mass is 32.2. The third-order valence-electron chi connectivity index (χ3n) is 4.15. The number of aliphatic imine (C=N–C) groups is 1. The predicted molar refractivity (Wildman–Crippen MR) is 125 cm³/mol. The van der Waals surface area contributed by atoms with Crippen molar-refractivity contribution in [1.82, 2.24) is 16.0 Å². The average Bonchev–Trinajstić information content (AvgIpc) is 2.75. The molecule has 0 aromatic heterocycles. The molecule has 4 atom stereocenters. The molecular formula is C17H33N7O6S2. The van der Waals surface area contributed by atoms with Gasteiger partial charge in [0.25, 0.3) is 0 Å². The van der Waals surface area contributed by atoms with Crippen LogP contribution in [0.1, 0.15) is 19.3 Å². The minimum absolute atomic E-state index is 0.104. The fourth-order valence-corrected chi connectivity index (χ4v) is 3.09. The maximum atomic E-state index is 12.7. The van der Waals surface area contributed by atoms with E-state index in [1.807, 2.05) is 6.26 Å². The van der Waals surface area contributed by atoms with Crippen molar-refractivity contribution in [1.29, 1.82) is 0 Å². The Morgan fingerprint density at radius 2 is 1.56 bits per heavy atom. The Morgan fingerprint density at radius 1 is 1.00 bits per heavy atom. The van der Waals surface area contributed by atoms with Crippen molar-refractivity contribution in [3.8, 4) is 0 Å². The summed E-state index contributed by atoms with van der Waals surface area (Å²) in [7, 11) is 0. The molecule has 0 aliphatic rings. The second-order valence-electron chi connectivity index (χ2n) is 6.72. The lowest BCUT2D eigenvalue weighted by molar-refractivity contribution is -0.142. The summed E-state index contributed by atoms with van der Waals surface area (Å²) < 4.78 is 0. The van der Waals surface area contributed by atoms with E-state index in [0.717, 1.165) is 0 Å². The molecular weight excluding hydrogens is 462 g/mol. The summed E-state index contributed by atoms with van der Waals surface area (Å²) in [5.74, 6) is -3.11. The van der Waals surface area contributed by atoms with Gasteiger partial charge in [0.2, 0.25) is 17.7 Å². The van der Waals surface area contributed by atoms with E-state index in [1.165, 1.54) is 11.8 Å². The Labute approximate surface area is 196 Å². The van der Waals surface area contributed by atoms with Gasteiger partial charge in [0, 0.05) is 12.3 Å². The topological polar surface area (TPSA) is 235 Å². The molecule has 0 spiro atoms. The molecule has 0 saturated heterocycles. The summed E-state index contributed by atoms with van der Waals surface area (Å²) >= 11 is 5.46. The normalized spacial score (nSPS) is 14.4. The minimum atomic E-state index is -1.23. The Kier molecular flexibility index (Phi) is 15.3. The number of aliphatic hydroxyl groups excluding tert-OH is 1. The van der Waals surface area contributed by atoms with Crippen molar-refractivity contribution in [3.63, 3.8) is 0 Å². The van der Waals surface area contributed by atoms with Crippen LogP contribution in [0.5, 0.6) is 0 Å². The van der Waals surface area contributed by atoms with Crippen LogP contribution in [0.15, 0.2) is 4.99 Å². The highest BCUT2D eigenvalue weighted by Crippen LogP contribution is 2.05. The van der Waals surface area contributed by atoms with E-state index < -0.39 is 54.5 Å². The van der Waals surface area contributed by atoms with Crippen LogP contribution < -0.4 is 33.2 Å². The van der Waals surface area contributed by atoms with Crippen LogP contribution in [-0.2, 0) is 19.2 Å². The van der Waals surface area contributed by atoms with Gasteiger partial charge >= 0.3 is 5.97 Å². The Bertz CT molecular complexity index is 663. The summed E-state index contributed by atoms with van der Waals surface area (Å²) in [6.45, 7) is -0.426. The van der Waals surface area contributed by atoms with E-state index in [1.54, 1.807) is 0 Å². The van der Waals surface area contributed by atoms with Gasteiger partial charge in [0.05, 0.1) is 6.61 Å². The number of carboxylic acid groups (broad SMARTS) is 1. The lowest BCUT2D eigenvalue weighted by Crippen LogP contribution is -2.58. The summed E-state index contributed by atoms with van der Waals surface area (Å²) in [6.07, 6.45) is 2.42. The van der Waals surface area contributed by atoms with Crippen molar-refractivity contribution in [2.24, 2.45) is 22.2 Å². The van der Waals surface area contributed by atoms with E-state index in [9.17, 15) is 24.3 Å². The minimum Gasteiger partial charge on any atom is -0.480 e. The fourth-order valence-electron chi connectivity index (χ4n) is 2.37. The molecule has 0 aliphatic heterocycles. The summed E-state index contributed by atoms with van der Waals surface area (Å²) in [5, 5.41) is 25.5. The van der Waals surface area contributed by atoms with Crippen LogP contribution in [0, 0.1) is 0 Å². The Balaban J connectivity index is 5.33.